The Morgan fingerprint density at radius 3 is 2.42 bits per heavy atom. The van der Waals surface area contributed by atoms with Gasteiger partial charge in [0.05, 0.1) is 12.0 Å². The topological polar surface area (TPSA) is 89.9 Å². The van der Waals surface area contributed by atoms with Gasteiger partial charge < -0.3 is 20.4 Å². The van der Waals surface area contributed by atoms with Gasteiger partial charge in [-0.05, 0) is 32.6 Å². The number of nitrogens with one attached hydrogen (secondary N) is 1. The van der Waals surface area contributed by atoms with Crippen molar-refractivity contribution in [3.63, 3.8) is 0 Å². The molecule has 2 amide bonds. The first kappa shape index (κ1) is 15.8. The van der Waals surface area contributed by atoms with Crippen LogP contribution in [0, 0.1) is 5.41 Å². The van der Waals surface area contributed by atoms with Gasteiger partial charge >= 0.3 is 12.0 Å². The van der Waals surface area contributed by atoms with Crippen molar-refractivity contribution in [2.45, 2.75) is 45.6 Å². The lowest BCUT2D eigenvalue weighted by Gasteiger charge is -2.37. The van der Waals surface area contributed by atoms with Crippen LogP contribution in [0.15, 0.2) is 0 Å². The van der Waals surface area contributed by atoms with E-state index in [0.717, 1.165) is 19.3 Å². The van der Waals surface area contributed by atoms with Gasteiger partial charge in [0.1, 0.15) is 0 Å². The lowest BCUT2D eigenvalue weighted by Crippen LogP contribution is -2.52. The second kappa shape index (κ2) is 6.75. The number of urea groups is 1. The summed E-state index contributed by atoms with van der Waals surface area (Å²) in [6.07, 6.45) is 3.46. The van der Waals surface area contributed by atoms with Crippen LogP contribution in [0.3, 0.4) is 0 Å². The molecule has 1 rings (SSSR count). The summed E-state index contributed by atoms with van der Waals surface area (Å²) in [5, 5.41) is 20.8. The molecule has 0 spiro atoms. The highest BCUT2D eigenvalue weighted by molar-refractivity contribution is 5.78. The fourth-order valence-corrected chi connectivity index (χ4v) is 1.98. The van der Waals surface area contributed by atoms with Crippen molar-refractivity contribution in [2.75, 3.05) is 19.7 Å². The van der Waals surface area contributed by atoms with Gasteiger partial charge in [-0.3, -0.25) is 4.79 Å². The van der Waals surface area contributed by atoms with Crippen LogP contribution in [0.5, 0.6) is 0 Å². The molecule has 19 heavy (non-hydrogen) atoms. The van der Waals surface area contributed by atoms with E-state index in [4.69, 9.17) is 10.2 Å². The first-order valence-electron chi connectivity index (χ1n) is 6.83. The van der Waals surface area contributed by atoms with Crippen LogP contribution in [0.25, 0.3) is 0 Å². The van der Waals surface area contributed by atoms with Crippen molar-refractivity contribution in [1.29, 1.82) is 0 Å². The van der Waals surface area contributed by atoms with Gasteiger partial charge in [-0.1, -0.05) is 6.92 Å². The number of hydrogen-bond acceptors (Lipinski definition) is 3. The summed E-state index contributed by atoms with van der Waals surface area (Å²) in [5.74, 6) is -0.910. The molecule has 1 unspecified atom stereocenters. The molecular weight excluding hydrogens is 248 g/mol. The number of carbonyl (C=O) groups is 2. The SMILES string of the molecule is CCC(C)(CNC(=O)N(CCO)C1CCC1)C(=O)O. The lowest BCUT2D eigenvalue weighted by molar-refractivity contribution is -0.147. The number of aliphatic hydroxyl groups excluding tert-OH is 1. The van der Waals surface area contributed by atoms with Gasteiger partial charge in [0.2, 0.25) is 0 Å². The lowest BCUT2D eigenvalue weighted by atomic mass is 9.87. The van der Waals surface area contributed by atoms with E-state index in [9.17, 15) is 9.59 Å². The molecule has 1 saturated carbocycles. The fourth-order valence-electron chi connectivity index (χ4n) is 1.98. The van der Waals surface area contributed by atoms with Crippen molar-refractivity contribution in [1.82, 2.24) is 10.2 Å². The van der Waals surface area contributed by atoms with Crippen LogP contribution in [-0.4, -0.2) is 52.9 Å². The summed E-state index contributed by atoms with van der Waals surface area (Å²) < 4.78 is 0. The van der Waals surface area contributed by atoms with E-state index in [0.29, 0.717) is 13.0 Å². The van der Waals surface area contributed by atoms with Crippen molar-refractivity contribution < 1.29 is 19.8 Å². The summed E-state index contributed by atoms with van der Waals surface area (Å²) >= 11 is 0. The molecule has 3 N–H and O–H groups in total. The number of aliphatic carboxylic acids is 1. The van der Waals surface area contributed by atoms with Crippen LogP contribution >= 0.6 is 0 Å². The Kier molecular flexibility index (Phi) is 5.60. The Morgan fingerprint density at radius 1 is 1.42 bits per heavy atom. The molecule has 110 valence electrons. The van der Waals surface area contributed by atoms with E-state index < -0.39 is 11.4 Å². The molecular formula is C13H24N2O4. The maximum absolute atomic E-state index is 12.1. The summed E-state index contributed by atoms with van der Waals surface area (Å²) in [7, 11) is 0. The second-order valence-electron chi connectivity index (χ2n) is 5.38. The second-order valence-corrected chi connectivity index (χ2v) is 5.38. The average molecular weight is 272 g/mol. The van der Waals surface area contributed by atoms with Crippen LogP contribution in [-0.2, 0) is 4.79 Å². The molecule has 0 bridgehead atoms. The zero-order chi connectivity index (χ0) is 14.5. The van der Waals surface area contributed by atoms with Crippen molar-refractivity contribution in [3.8, 4) is 0 Å². The first-order chi connectivity index (χ1) is 8.94. The smallest absolute Gasteiger partial charge is 0.317 e. The molecule has 1 fully saturated rings. The number of amides is 2. The van der Waals surface area contributed by atoms with Gasteiger partial charge in [-0.25, -0.2) is 4.79 Å². The quantitative estimate of drug-likeness (QED) is 0.646. The molecule has 6 nitrogen and oxygen atoms in total. The molecule has 0 aromatic rings. The molecule has 0 radical (unpaired) electrons. The Balaban J connectivity index is 2.54. The van der Waals surface area contributed by atoms with Crippen molar-refractivity contribution >= 4 is 12.0 Å². The summed E-state index contributed by atoms with van der Waals surface area (Å²) in [6, 6.07) is -0.0930. The average Bonchev–Trinajstić information content (AvgIpc) is 2.32. The van der Waals surface area contributed by atoms with E-state index in [-0.39, 0.29) is 25.2 Å². The maximum Gasteiger partial charge on any atom is 0.317 e. The van der Waals surface area contributed by atoms with Crippen LogP contribution in [0.4, 0.5) is 4.79 Å². The number of carbonyl (C=O) groups excluding carboxylic acids is 1. The first-order valence-corrected chi connectivity index (χ1v) is 6.83. The molecule has 1 aliphatic rings. The molecule has 1 atom stereocenters. The Hall–Kier alpha value is -1.30. The van der Waals surface area contributed by atoms with Crippen LogP contribution in [0.2, 0.25) is 0 Å². The number of rotatable bonds is 7. The van der Waals surface area contributed by atoms with Crippen LogP contribution < -0.4 is 5.32 Å². The number of hydrogen-bond donors (Lipinski definition) is 3. The number of aliphatic hydroxyl groups is 1. The molecule has 0 aromatic carbocycles. The predicted octanol–water partition coefficient (Wildman–Crippen LogP) is 1.04. The minimum atomic E-state index is -0.944. The standard InChI is InChI=1S/C13H24N2O4/c1-3-13(2,11(17)18)9-14-12(19)15(7-8-16)10-5-4-6-10/h10,16H,3-9H2,1-2H3,(H,14,19)(H,17,18). The minimum absolute atomic E-state index is 0.0755. The van der Waals surface area contributed by atoms with E-state index in [1.54, 1.807) is 18.7 Å². The molecule has 0 saturated heterocycles. The molecule has 0 aromatic heterocycles. The van der Waals surface area contributed by atoms with Crippen molar-refractivity contribution in [3.05, 3.63) is 0 Å². The molecule has 0 aliphatic heterocycles. The summed E-state index contributed by atoms with van der Waals surface area (Å²) in [6.45, 7) is 3.74. The normalized spacial score (nSPS) is 18.3. The zero-order valence-corrected chi connectivity index (χ0v) is 11.7. The van der Waals surface area contributed by atoms with Gasteiger partial charge in [-0.15, -0.1) is 0 Å². The molecule has 0 heterocycles. The number of carboxylic acid groups (broad SMARTS) is 1. The third-order valence-electron chi connectivity index (χ3n) is 4.04. The van der Waals surface area contributed by atoms with Gasteiger partial charge in [0.15, 0.2) is 0 Å². The minimum Gasteiger partial charge on any atom is -0.481 e. The summed E-state index contributed by atoms with van der Waals surface area (Å²) in [4.78, 5) is 24.8. The Labute approximate surface area is 113 Å². The van der Waals surface area contributed by atoms with Gasteiger partial charge in [0.25, 0.3) is 0 Å². The molecule has 1 aliphatic carbocycles. The van der Waals surface area contributed by atoms with E-state index in [2.05, 4.69) is 5.32 Å². The highest BCUT2D eigenvalue weighted by Crippen LogP contribution is 2.25. The monoisotopic (exact) mass is 272 g/mol. The highest BCUT2D eigenvalue weighted by Gasteiger charge is 2.33. The van der Waals surface area contributed by atoms with E-state index in [1.807, 2.05) is 0 Å². The van der Waals surface area contributed by atoms with Gasteiger partial charge in [0, 0.05) is 19.1 Å². The predicted molar refractivity (Wildman–Crippen MR) is 70.9 cm³/mol. The number of carboxylic acids is 1. The van der Waals surface area contributed by atoms with Crippen molar-refractivity contribution in [2.24, 2.45) is 5.41 Å². The maximum atomic E-state index is 12.1. The van der Waals surface area contributed by atoms with Crippen LogP contribution in [0.1, 0.15) is 39.5 Å². The third kappa shape index (κ3) is 3.83. The van der Waals surface area contributed by atoms with E-state index in [1.165, 1.54) is 0 Å². The molecule has 6 heteroatoms. The third-order valence-corrected chi connectivity index (χ3v) is 4.04. The number of nitrogens with zero attached hydrogens (tertiary/aromatic N) is 1. The van der Waals surface area contributed by atoms with E-state index >= 15 is 0 Å². The van der Waals surface area contributed by atoms with Gasteiger partial charge in [-0.2, -0.15) is 0 Å². The zero-order valence-electron chi connectivity index (χ0n) is 11.7. The summed E-state index contributed by atoms with van der Waals surface area (Å²) in [5.41, 5.74) is -0.944. The Bertz CT molecular complexity index is 331. The Morgan fingerprint density at radius 2 is 2.05 bits per heavy atom. The fraction of sp³-hybridized carbons (Fsp3) is 0.846. The largest absolute Gasteiger partial charge is 0.481 e. The highest BCUT2D eigenvalue weighted by atomic mass is 16.4.